The van der Waals surface area contributed by atoms with E-state index >= 15 is 0 Å². The summed E-state index contributed by atoms with van der Waals surface area (Å²) >= 11 is 0. The lowest BCUT2D eigenvalue weighted by molar-refractivity contribution is 0.485. The van der Waals surface area contributed by atoms with Gasteiger partial charge in [0.15, 0.2) is 0 Å². The average molecular weight is 308 g/mol. The summed E-state index contributed by atoms with van der Waals surface area (Å²) in [4.78, 5) is 3.63. The second-order valence-corrected chi connectivity index (χ2v) is 8.25. The van der Waals surface area contributed by atoms with Crippen LogP contribution in [0.5, 0.6) is 0 Å². The molecular weight excluding hydrogens is 292 g/mol. The van der Waals surface area contributed by atoms with Crippen LogP contribution in [0.25, 0.3) is 0 Å². The second-order valence-electron chi connectivity index (χ2n) is 3.97. The van der Waals surface area contributed by atoms with Crippen molar-refractivity contribution in [3.05, 3.63) is 18.5 Å². The van der Waals surface area contributed by atoms with Crippen LogP contribution in [0, 0.1) is 0 Å². The highest BCUT2D eigenvalue weighted by atomic mass is 32.2. The molecule has 0 fully saturated rings. The van der Waals surface area contributed by atoms with Gasteiger partial charge in [-0.15, -0.1) is 0 Å². The lowest BCUT2D eigenvalue weighted by atomic mass is 10.4. The van der Waals surface area contributed by atoms with E-state index in [9.17, 15) is 16.8 Å². The first-order chi connectivity index (χ1) is 8.68. The molecule has 10 heteroatoms. The van der Waals surface area contributed by atoms with E-state index in [4.69, 9.17) is 5.84 Å². The van der Waals surface area contributed by atoms with Gasteiger partial charge in [-0.1, -0.05) is 0 Å². The van der Waals surface area contributed by atoms with Crippen molar-refractivity contribution in [1.29, 1.82) is 0 Å². The van der Waals surface area contributed by atoms with Gasteiger partial charge in [-0.3, -0.25) is 10.8 Å². The van der Waals surface area contributed by atoms with E-state index in [1.165, 1.54) is 19.3 Å². The highest BCUT2D eigenvalue weighted by molar-refractivity contribution is 7.91. The van der Waals surface area contributed by atoms with Crippen molar-refractivity contribution >= 4 is 25.5 Å². The summed E-state index contributed by atoms with van der Waals surface area (Å²) < 4.78 is 47.5. The first-order valence-corrected chi connectivity index (χ1v) is 8.73. The van der Waals surface area contributed by atoms with Crippen LogP contribution in [0.2, 0.25) is 0 Å². The molecule has 0 unspecified atom stereocenters. The summed E-state index contributed by atoms with van der Waals surface area (Å²) in [5.41, 5.74) is 2.46. The zero-order valence-corrected chi connectivity index (χ0v) is 12.2. The summed E-state index contributed by atoms with van der Waals surface area (Å²) in [5, 5.41) is 0. The molecule has 0 atom stereocenters. The Balaban J connectivity index is 3.03. The molecule has 0 aromatic carbocycles. The fraction of sp³-hybridized carbons (Fsp3) is 0.444. The van der Waals surface area contributed by atoms with Crippen molar-refractivity contribution in [2.45, 2.75) is 4.90 Å². The number of rotatable bonds is 6. The Hall–Kier alpha value is -1.23. The number of nitrogens with two attached hydrogens (primary N) is 1. The van der Waals surface area contributed by atoms with Crippen LogP contribution in [0.3, 0.4) is 0 Å². The van der Waals surface area contributed by atoms with E-state index in [0.717, 1.165) is 16.8 Å². The Bertz CT molecular complexity index is 642. The van der Waals surface area contributed by atoms with Gasteiger partial charge in [-0.2, -0.15) is 4.31 Å². The van der Waals surface area contributed by atoms with Crippen molar-refractivity contribution in [3.63, 3.8) is 0 Å². The number of sulfone groups is 1. The molecule has 3 N–H and O–H groups in total. The summed E-state index contributed by atoms with van der Waals surface area (Å²) in [5.74, 6) is 4.98. The Morgan fingerprint density at radius 3 is 2.53 bits per heavy atom. The van der Waals surface area contributed by atoms with Gasteiger partial charge in [0.1, 0.15) is 14.7 Å². The first kappa shape index (κ1) is 15.8. The standard InChI is InChI=1S/C9H16N4O4S2/c1-13(5-6-18(2,14)15)19(16,17)9-7-11-4-3-8(9)12-10/h3-4,7H,5-6,10H2,1-2H3,(H,11,12). The minimum atomic E-state index is -3.84. The molecule has 1 aromatic heterocycles. The molecule has 0 aliphatic rings. The van der Waals surface area contributed by atoms with E-state index in [1.54, 1.807) is 0 Å². The van der Waals surface area contributed by atoms with Crippen molar-refractivity contribution in [2.24, 2.45) is 5.84 Å². The van der Waals surface area contributed by atoms with E-state index in [2.05, 4.69) is 10.4 Å². The van der Waals surface area contributed by atoms with E-state index in [1.807, 2.05) is 0 Å². The third-order valence-corrected chi connectivity index (χ3v) is 5.21. The van der Waals surface area contributed by atoms with Crippen molar-refractivity contribution in [2.75, 3.05) is 31.0 Å². The Kier molecular flexibility index (Phi) is 4.85. The molecular formula is C9H16N4O4S2. The molecule has 0 spiro atoms. The molecule has 0 saturated carbocycles. The third kappa shape index (κ3) is 4.13. The van der Waals surface area contributed by atoms with E-state index in [0.29, 0.717) is 0 Å². The number of aromatic nitrogens is 1. The smallest absolute Gasteiger partial charge is 0.246 e. The highest BCUT2D eigenvalue weighted by Gasteiger charge is 2.24. The van der Waals surface area contributed by atoms with Gasteiger partial charge < -0.3 is 5.43 Å². The predicted octanol–water partition coefficient (Wildman–Crippen LogP) is -0.968. The quantitative estimate of drug-likeness (QED) is 0.512. The topological polar surface area (TPSA) is 122 Å². The number of pyridine rings is 1. The van der Waals surface area contributed by atoms with Crippen LogP contribution in [-0.4, -0.2) is 51.7 Å². The number of anilines is 1. The molecule has 0 aliphatic carbocycles. The van der Waals surface area contributed by atoms with Crippen LogP contribution >= 0.6 is 0 Å². The molecule has 108 valence electrons. The molecule has 8 nitrogen and oxygen atoms in total. The number of nitrogens with zero attached hydrogens (tertiary/aromatic N) is 2. The fourth-order valence-electron chi connectivity index (χ4n) is 1.29. The summed E-state index contributed by atoms with van der Waals surface area (Å²) in [6.45, 7) is -0.139. The maximum absolute atomic E-state index is 12.2. The van der Waals surface area contributed by atoms with Crippen LogP contribution in [0.15, 0.2) is 23.4 Å². The second kappa shape index (κ2) is 5.82. The monoisotopic (exact) mass is 308 g/mol. The molecule has 1 rings (SSSR count). The number of hydrazine groups is 1. The number of sulfonamides is 1. The summed E-state index contributed by atoms with van der Waals surface area (Å²) in [6, 6.07) is 1.41. The molecule has 0 aliphatic heterocycles. The molecule has 0 radical (unpaired) electrons. The van der Waals surface area contributed by atoms with E-state index < -0.39 is 19.9 Å². The largest absolute Gasteiger partial charge is 0.323 e. The van der Waals surface area contributed by atoms with Crippen LogP contribution < -0.4 is 11.3 Å². The zero-order valence-electron chi connectivity index (χ0n) is 10.6. The Labute approximate surface area is 112 Å². The highest BCUT2D eigenvalue weighted by Crippen LogP contribution is 2.21. The average Bonchev–Trinajstić information content (AvgIpc) is 2.34. The Morgan fingerprint density at radius 1 is 1.37 bits per heavy atom. The van der Waals surface area contributed by atoms with Crippen LogP contribution in [0.1, 0.15) is 0 Å². The van der Waals surface area contributed by atoms with Crippen molar-refractivity contribution in [3.8, 4) is 0 Å². The molecule has 1 aromatic rings. The lowest BCUT2D eigenvalue weighted by Crippen LogP contribution is -2.32. The van der Waals surface area contributed by atoms with Crippen molar-refractivity contribution < 1.29 is 16.8 Å². The first-order valence-electron chi connectivity index (χ1n) is 5.23. The van der Waals surface area contributed by atoms with E-state index in [-0.39, 0.29) is 22.9 Å². The van der Waals surface area contributed by atoms with Crippen LogP contribution in [0.4, 0.5) is 5.69 Å². The third-order valence-electron chi connectivity index (χ3n) is 2.41. The van der Waals surface area contributed by atoms with Crippen LogP contribution in [-0.2, 0) is 19.9 Å². The molecule has 0 bridgehead atoms. The number of hydrogen-bond acceptors (Lipinski definition) is 7. The van der Waals surface area contributed by atoms with Gasteiger partial charge in [0, 0.05) is 32.2 Å². The summed E-state index contributed by atoms with van der Waals surface area (Å²) in [6.07, 6.45) is 3.59. The number of nitrogens with one attached hydrogen (secondary N) is 1. The summed E-state index contributed by atoms with van der Waals surface area (Å²) in [7, 11) is -5.78. The zero-order chi connectivity index (χ0) is 14.7. The van der Waals surface area contributed by atoms with Gasteiger partial charge in [0.05, 0.1) is 11.4 Å². The number of hydrogen-bond donors (Lipinski definition) is 2. The maximum Gasteiger partial charge on any atom is 0.246 e. The minimum absolute atomic E-state index is 0.103. The number of nitrogen functional groups attached to an aromatic ring is 1. The molecule has 0 saturated heterocycles. The normalized spacial score (nSPS) is 12.6. The Morgan fingerprint density at radius 2 is 2.00 bits per heavy atom. The SMILES string of the molecule is CN(CCS(C)(=O)=O)S(=O)(=O)c1cnccc1NN. The molecule has 1 heterocycles. The molecule has 0 amide bonds. The van der Waals surface area contributed by atoms with Gasteiger partial charge in [0.2, 0.25) is 10.0 Å². The predicted molar refractivity (Wildman–Crippen MR) is 71.6 cm³/mol. The molecule has 19 heavy (non-hydrogen) atoms. The van der Waals surface area contributed by atoms with Crippen molar-refractivity contribution in [1.82, 2.24) is 9.29 Å². The lowest BCUT2D eigenvalue weighted by Gasteiger charge is -2.18. The van der Waals surface area contributed by atoms with Gasteiger partial charge in [-0.05, 0) is 6.07 Å². The minimum Gasteiger partial charge on any atom is -0.323 e. The van der Waals surface area contributed by atoms with Gasteiger partial charge in [0.25, 0.3) is 0 Å². The van der Waals surface area contributed by atoms with Gasteiger partial charge >= 0.3 is 0 Å². The maximum atomic E-state index is 12.2. The van der Waals surface area contributed by atoms with Gasteiger partial charge in [-0.25, -0.2) is 16.8 Å². The fourth-order valence-corrected chi connectivity index (χ4v) is 3.27.